The summed E-state index contributed by atoms with van der Waals surface area (Å²) < 4.78 is 0. The van der Waals surface area contributed by atoms with Gasteiger partial charge in [-0.3, -0.25) is 0 Å². The average Bonchev–Trinajstić information content (AvgIpc) is 2.61. The Labute approximate surface area is 162 Å². The Morgan fingerprint density at radius 2 is 1.73 bits per heavy atom. The van der Waals surface area contributed by atoms with Crippen LogP contribution in [0.1, 0.15) is 52.9 Å². The molecule has 3 heterocycles. The summed E-state index contributed by atoms with van der Waals surface area (Å²) in [6.07, 6.45) is 6.30. The van der Waals surface area contributed by atoms with Gasteiger partial charge in [-0.15, -0.1) is 0 Å². The summed E-state index contributed by atoms with van der Waals surface area (Å²) in [4.78, 5) is 14.3. The third-order valence-electron chi connectivity index (χ3n) is 5.01. The van der Waals surface area contributed by atoms with Crippen LogP contribution in [0.2, 0.25) is 0 Å². The molecule has 0 aliphatic carbocycles. The van der Waals surface area contributed by atoms with E-state index in [1.807, 2.05) is 0 Å². The Hall–Kier alpha value is -1.63. The lowest BCUT2D eigenvalue weighted by molar-refractivity contribution is 0.444. The molecule has 2 aliphatic heterocycles. The van der Waals surface area contributed by atoms with E-state index in [0.29, 0.717) is 17.0 Å². The van der Waals surface area contributed by atoms with Crippen molar-refractivity contribution >= 4 is 34.9 Å². The third-order valence-corrected chi connectivity index (χ3v) is 5.23. The van der Waals surface area contributed by atoms with E-state index in [2.05, 4.69) is 47.3 Å². The highest BCUT2D eigenvalue weighted by Gasteiger charge is 2.21. The lowest BCUT2D eigenvalue weighted by Gasteiger charge is -2.33. The quantitative estimate of drug-likeness (QED) is 0.781. The number of nitrogens with one attached hydrogen (secondary N) is 2. The minimum Gasteiger partial charge on any atom is -0.360 e. The van der Waals surface area contributed by atoms with Crippen molar-refractivity contribution in [3.05, 3.63) is 6.07 Å². The van der Waals surface area contributed by atoms with Crippen molar-refractivity contribution in [2.45, 2.75) is 58.9 Å². The fourth-order valence-corrected chi connectivity index (χ4v) is 4.05. The van der Waals surface area contributed by atoms with Crippen LogP contribution in [0.15, 0.2) is 6.07 Å². The number of thiocarbonyl (C=S) groups is 1. The zero-order valence-electron chi connectivity index (χ0n) is 16.3. The molecule has 0 spiro atoms. The van der Waals surface area contributed by atoms with E-state index in [0.717, 1.165) is 37.8 Å². The van der Waals surface area contributed by atoms with Crippen molar-refractivity contribution in [3.8, 4) is 0 Å². The fraction of sp³-hybridized carbons (Fsp3) is 0.737. The van der Waals surface area contributed by atoms with Gasteiger partial charge in [-0.05, 0) is 64.1 Å². The highest BCUT2D eigenvalue weighted by Crippen LogP contribution is 2.27. The number of rotatable bonds is 4. The molecule has 2 saturated heterocycles. The largest absolute Gasteiger partial charge is 0.360 e. The smallest absolute Gasteiger partial charge is 0.232 e. The number of anilines is 3. The van der Waals surface area contributed by atoms with Gasteiger partial charge in [-0.1, -0.05) is 6.92 Å². The molecule has 2 aliphatic rings. The SMILES string of the molecule is CC1CCCN(c2cc(N3CCCCC3)nc(NC(=S)NC(C)C)n2)C1. The first-order valence-electron chi connectivity index (χ1n) is 9.98. The van der Waals surface area contributed by atoms with Gasteiger partial charge in [0, 0.05) is 38.3 Å². The zero-order valence-corrected chi connectivity index (χ0v) is 17.1. The van der Waals surface area contributed by atoms with Crippen LogP contribution >= 0.6 is 12.2 Å². The van der Waals surface area contributed by atoms with Crippen LogP contribution < -0.4 is 20.4 Å². The van der Waals surface area contributed by atoms with Gasteiger partial charge in [0.25, 0.3) is 0 Å². The van der Waals surface area contributed by atoms with E-state index >= 15 is 0 Å². The van der Waals surface area contributed by atoms with E-state index < -0.39 is 0 Å². The summed E-state index contributed by atoms with van der Waals surface area (Å²) in [5, 5.41) is 6.98. The van der Waals surface area contributed by atoms with Gasteiger partial charge in [0.2, 0.25) is 5.95 Å². The number of piperidine rings is 2. The Morgan fingerprint density at radius 3 is 2.38 bits per heavy atom. The maximum Gasteiger partial charge on any atom is 0.232 e. The molecule has 0 saturated carbocycles. The second-order valence-electron chi connectivity index (χ2n) is 7.90. The topological polar surface area (TPSA) is 56.3 Å². The first-order valence-corrected chi connectivity index (χ1v) is 10.4. The summed E-state index contributed by atoms with van der Waals surface area (Å²) in [5.74, 6) is 3.33. The van der Waals surface area contributed by atoms with Crippen molar-refractivity contribution < 1.29 is 0 Å². The van der Waals surface area contributed by atoms with Crippen LogP contribution in [0, 0.1) is 5.92 Å². The zero-order chi connectivity index (χ0) is 18.5. The minimum atomic E-state index is 0.280. The van der Waals surface area contributed by atoms with Gasteiger partial charge in [0.05, 0.1) is 0 Å². The summed E-state index contributed by atoms with van der Waals surface area (Å²) in [7, 11) is 0. The number of aromatic nitrogens is 2. The average molecular weight is 377 g/mol. The molecular formula is C19H32N6S. The maximum atomic E-state index is 5.40. The van der Waals surface area contributed by atoms with Crippen molar-refractivity contribution in [2.75, 3.05) is 41.3 Å². The summed E-state index contributed by atoms with van der Waals surface area (Å²) in [6, 6.07) is 2.44. The van der Waals surface area contributed by atoms with Crippen LogP contribution in [0.4, 0.5) is 17.6 Å². The summed E-state index contributed by atoms with van der Waals surface area (Å²) >= 11 is 5.40. The standard InChI is InChI=1S/C19H32N6S/c1-14(2)20-19(26)23-18-21-16(24-9-5-4-6-10-24)12-17(22-18)25-11-7-8-15(3)13-25/h12,14-15H,4-11,13H2,1-3H3,(H2,20,21,22,23,26). The molecule has 0 radical (unpaired) electrons. The summed E-state index contributed by atoms with van der Waals surface area (Å²) in [6.45, 7) is 10.7. The molecule has 1 aromatic heterocycles. The predicted octanol–water partition coefficient (Wildman–Crippen LogP) is 3.40. The Morgan fingerprint density at radius 1 is 1.08 bits per heavy atom. The minimum absolute atomic E-state index is 0.280. The van der Waals surface area contributed by atoms with E-state index in [1.54, 1.807) is 0 Å². The molecule has 3 rings (SSSR count). The van der Waals surface area contributed by atoms with Gasteiger partial charge in [-0.2, -0.15) is 9.97 Å². The first-order chi connectivity index (χ1) is 12.5. The number of nitrogens with zero attached hydrogens (tertiary/aromatic N) is 4. The van der Waals surface area contributed by atoms with E-state index in [9.17, 15) is 0 Å². The van der Waals surface area contributed by atoms with Gasteiger partial charge >= 0.3 is 0 Å². The van der Waals surface area contributed by atoms with Crippen LogP contribution in [-0.2, 0) is 0 Å². The predicted molar refractivity (Wildman–Crippen MR) is 113 cm³/mol. The van der Waals surface area contributed by atoms with Crippen LogP contribution in [0.3, 0.4) is 0 Å². The Kier molecular flexibility index (Phi) is 6.51. The number of hydrogen-bond acceptors (Lipinski definition) is 5. The van der Waals surface area contributed by atoms with Gasteiger partial charge < -0.3 is 20.4 Å². The summed E-state index contributed by atoms with van der Waals surface area (Å²) in [5.41, 5.74) is 0. The second kappa shape index (κ2) is 8.84. The van der Waals surface area contributed by atoms with Crippen molar-refractivity contribution in [1.82, 2.24) is 15.3 Å². The molecular weight excluding hydrogens is 344 g/mol. The monoisotopic (exact) mass is 376 g/mol. The normalized spacial score (nSPS) is 21.0. The van der Waals surface area contributed by atoms with E-state index in [1.165, 1.54) is 32.1 Å². The highest BCUT2D eigenvalue weighted by molar-refractivity contribution is 7.80. The molecule has 26 heavy (non-hydrogen) atoms. The van der Waals surface area contributed by atoms with Gasteiger partial charge in [-0.25, -0.2) is 0 Å². The molecule has 144 valence electrons. The van der Waals surface area contributed by atoms with Gasteiger partial charge in [0.15, 0.2) is 5.11 Å². The van der Waals surface area contributed by atoms with Crippen molar-refractivity contribution in [3.63, 3.8) is 0 Å². The van der Waals surface area contributed by atoms with E-state index in [-0.39, 0.29) is 6.04 Å². The van der Waals surface area contributed by atoms with Crippen molar-refractivity contribution in [2.24, 2.45) is 5.92 Å². The van der Waals surface area contributed by atoms with Crippen molar-refractivity contribution in [1.29, 1.82) is 0 Å². The Balaban J connectivity index is 1.84. The lowest BCUT2D eigenvalue weighted by Crippen LogP contribution is -2.37. The molecule has 6 nitrogen and oxygen atoms in total. The van der Waals surface area contributed by atoms with Gasteiger partial charge in [0.1, 0.15) is 11.6 Å². The molecule has 2 fully saturated rings. The van der Waals surface area contributed by atoms with Crippen LogP contribution in [-0.4, -0.2) is 47.3 Å². The maximum absolute atomic E-state index is 5.40. The molecule has 0 amide bonds. The highest BCUT2D eigenvalue weighted by atomic mass is 32.1. The molecule has 7 heteroatoms. The molecule has 0 bridgehead atoms. The first kappa shape index (κ1) is 19.1. The third kappa shape index (κ3) is 5.19. The fourth-order valence-electron chi connectivity index (χ4n) is 3.72. The Bertz CT molecular complexity index is 614. The number of hydrogen-bond donors (Lipinski definition) is 2. The molecule has 1 aromatic rings. The molecule has 1 atom stereocenters. The second-order valence-corrected chi connectivity index (χ2v) is 8.31. The molecule has 2 N–H and O–H groups in total. The van der Waals surface area contributed by atoms with Crippen LogP contribution in [0.5, 0.6) is 0 Å². The van der Waals surface area contributed by atoms with Crippen LogP contribution in [0.25, 0.3) is 0 Å². The molecule has 0 aromatic carbocycles. The van der Waals surface area contributed by atoms with E-state index in [4.69, 9.17) is 22.2 Å². The molecule has 1 unspecified atom stereocenters. The lowest BCUT2D eigenvalue weighted by atomic mass is 10.0.